The predicted octanol–water partition coefficient (Wildman–Crippen LogP) is 3.77. The van der Waals surface area contributed by atoms with Crippen molar-refractivity contribution in [3.05, 3.63) is 48.0 Å². The van der Waals surface area contributed by atoms with E-state index in [2.05, 4.69) is 0 Å². The van der Waals surface area contributed by atoms with E-state index < -0.39 is 5.97 Å². The maximum atomic E-state index is 11.9. The van der Waals surface area contributed by atoms with Crippen LogP contribution >= 0.6 is 0 Å². The van der Waals surface area contributed by atoms with E-state index in [4.69, 9.17) is 9.47 Å². The first kappa shape index (κ1) is 16.7. The van der Waals surface area contributed by atoms with Crippen LogP contribution in [0.5, 0.6) is 5.75 Å². The molecule has 0 radical (unpaired) electrons. The molecule has 0 aromatic heterocycles. The molecule has 0 spiro atoms. The number of ketones is 1. The molecule has 0 atom stereocenters. The number of carbonyl (C=O) groups is 2. The molecule has 120 valence electrons. The molecule has 4 heteroatoms. The first-order valence-corrected chi connectivity index (χ1v) is 7.66. The standard InChI is InChI=1S/C19H20O4/c1-3-22-18-12-9-14-7-5-6-8-16(14)17(18)11-10-15(20)13-19(21)23-4-2/h5-12H,3-4,13H2,1-2H3. The number of rotatable bonds is 7. The molecular formula is C19H20O4. The Labute approximate surface area is 135 Å². The second-order valence-corrected chi connectivity index (χ2v) is 4.91. The highest BCUT2D eigenvalue weighted by molar-refractivity contribution is 6.05. The quantitative estimate of drug-likeness (QED) is 0.443. The van der Waals surface area contributed by atoms with Gasteiger partial charge in [-0.15, -0.1) is 0 Å². The summed E-state index contributed by atoms with van der Waals surface area (Å²) in [6.45, 7) is 4.43. The van der Waals surface area contributed by atoms with E-state index in [0.717, 1.165) is 16.3 Å². The lowest BCUT2D eigenvalue weighted by Crippen LogP contribution is -2.09. The van der Waals surface area contributed by atoms with Gasteiger partial charge in [-0.1, -0.05) is 30.3 Å². The average Bonchev–Trinajstić information content (AvgIpc) is 2.54. The van der Waals surface area contributed by atoms with Crippen LogP contribution in [0.4, 0.5) is 0 Å². The van der Waals surface area contributed by atoms with Crippen molar-refractivity contribution in [1.29, 1.82) is 0 Å². The number of esters is 1. The number of fused-ring (bicyclic) bond motifs is 1. The van der Waals surface area contributed by atoms with Crippen LogP contribution in [0.3, 0.4) is 0 Å². The Kier molecular flexibility index (Phi) is 5.92. The fourth-order valence-corrected chi connectivity index (χ4v) is 2.32. The Morgan fingerprint density at radius 3 is 2.57 bits per heavy atom. The van der Waals surface area contributed by atoms with Crippen molar-refractivity contribution < 1.29 is 19.1 Å². The third-order valence-electron chi connectivity index (χ3n) is 3.29. The molecule has 2 aromatic rings. The molecule has 0 unspecified atom stereocenters. The molecule has 0 bridgehead atoms. The lowest BCUT2D eigenvalue weighted by atomic mass is 10.0. The summed E-state index contributed by atoms with van der Waals surface area (Å²) in [7, 11) is 0. The predicted molar refractivity (Wildman–Crippen MR) is 90.4 cm³/mol. The minimum Gasteiger partial charge on any atom is -0.493 e. The van der Waals surface area contributed by atoms with Crippen molar-refractivity contribution in [1.82, 2.24) is 0 Å². The van der Waals surface area contributed by atoms with Crippen molar-refractivity contribution in [2.24, 2.45) is 0 Å². The van der Waals surface area contributed by atoms with Crippen LogP contribution < -0.4 is 4.74 Å². The fourth-order valence-electron chi connectivity index (χ4n) is 2.32. The van der Waals surface area contributed by atoms with E-state index in [0.29, 0.717) is 12.4 Å². The Morgan fingerprint density at radius 2 is 1.83 bits per heavy atom. The lowest BCUT2D eigenvalue weighted by molar-refractivity contribution is -0.144. The van der Waals surface area contributed by atoms with Crippen molar-refractivity contribution in [3.8, 4) is 5.75 Å². The summed E-state index contributed by atoms with van der Waals surface area (Å²) in [5.41, 5.74) is 0.835. The summed E-state index contributed by atoms with van der Waals surface area (Å²) in [5.74, 6) is -0.0877. The average molecular weight is 312 g/mol. The van der Waals surface area contributed by atoms with Gasteiger partial charge in [0.25, 0.3) is 0 Å². The third kappa shape index (κ3) is 4.42. The number of carbonyl (C=O) groups excluding carboxylic acids is 2. The van der Waals surface area contributed by atoms with Gasteiger partial charge in [0.2, 0.25) is 0 Å². The van der Waals surface area contributed by atoms with Gasteiger partial charge in [0.15, 0.2) is 5.78 Å². The summed E-state index contributed by atoms with van der Waals surface area (Å²) >= 11 is 0. The van der Waals surface area contributed by atoms with E-state index in [-0.39, 0.29) is 18.8 Å². The van der Waals surface area contributed by atoms with Gasteiger partial charge in [-0.2, -0.15) is 0 Å². The molecule has 0 fully saturated rings. The second-order valence-electron chi connectivity index (χ2n) is 4.91. The summed E-state index contributed by atoms with van der Waals surface area (Å²) < 4.78 is 10.4. The van der Waals surface area contributed by atoms with E-state index in [1.54, 1.807) is 13.0 Å². The first-order valence-electron chi connectivity index (χ1n) is 7.66. The Morgan fingerprint density at radius 1 is 1.04 bits per heavy atom. The van der Waals surface area contributed by atoms with Crippen molar-refractivity contribution in [2.45, 2.75) is 20.3 Å². The zero-order chi connectivity index (χ0) is 16.7. The third-order valence-corrected chi connectivity index (χ3v) is 3.29. The minimum atomic E-state index is -0.509. The van der Waals surface area contributed by atoms with Gasteiger partial charge in [0.05, 0.1) is 13.2 Å². The van der Waals surface area contributed by atoms with Gasteiger partial charge in [0, 0.05) is 5.56 Å². The van der Waals surface area contributed by atoms with Crippen LogP contribution in [0.25, 0.3) is 16.8 Å². The zero-order valence-electron chi connectivity index (χ0n) is 13.4. The molecule has 0 saturated carbocycles. The number of hydrogen-bond donors (Lipinski definition) is 0. The van der Waals surface area contributed by atoms with Crippen molar-refractivity contribution in [3.63, 3.8) is 0 Å². The van der Waals surface area contributed by atoms with E-state index >= 15 is 0 Å². The largest absolute Gasteiger partial charge is 0.493 e. The van der Waals surface area contributed by atoms with Gasteiger partial charge in [0.1, 0.15) is 12.2 Å². The lowest BCUT2D eigenvalue weighted by Gasteiger charge is -2.10. The zero-order valence-corrected chi connectivity index (χ0v) is 13.4. The molecule has 0 heterocycles. The van der Waals surface area contributed by atoms with E-state index in [9.17, 15) is 9.59 Å². The first-order chi connectivity index (χ1) is 11.2. The maximum Gasteiger partial charge on any atom is 0.313 e. The SMILES string of the molecule is CCOC(=O)CC(=O)C=Cc1c(OCC)ccc2ccccc12. The minimum absolute atomic E-state index is 0.251. The van der Waals surface area contributed by atoms with Gasteiger partial charge in [-0.05, 0) is 42.8 Å². The Bertz CT molecular complexity index is 731. The monoisotopic (exact) mass is 312 g/mol. The summed E-state index contributed by atoms with van der Waals surface area (Å²) in [5, 5.41) is 2.06. The molecule has 0 N–H and O–H groups in total. The summed E-state index contributed by atoms with van der Waals surface area (Å²) in [4.78, 5) is 23.2. The summed E-state index contributed by atoms with van der Waals surface area (Å²) in [6, 6.07) is 11.8. The topological polar surface area (TPSA) is 52.6 Å². The van der Waals surface area contributed by atoms with Crippen LogP contribution in [0.15, 0.2) is 42.5 Å². The second kappa shape index (κ2) is 8.13. The van der Waals surface area contributed by atoms with Crippen LogP contribution in [-0.2, 0) is 14.3 Å². The molecule has 4 nitrogen and oxygen atoms in total. The van der Waals surface area contributed by atoms with Gasteiger partial charge in [-0.25, -0.2) is 0 Å². The Hall–Kier alpha value is -2.62. The van der Waals surface area contributed by atoms with Gasteiger partial charge >= 0.3 is 5.97 Å². The number of benzene rings is 2. The molecule has 0 saturated heterocycles. The van der Waals surface area contributed by atoms with E-state index in [1.807, 2.05) is 43.3 Å². The van der Waals surface area contributed by atoms with E-state index in [1.165, 1.54) is 6.08 Å². The summed E-state index contributed by atoms with van der Waals surface area (Å²) in [6.07, 6.45) is 2.86. The van der Waals surface area contributed by atoms with Crippen LogP contribution in [0.1, 0.15) is 25.8 Å². The molecule has 23 heavy (non-hydrogen) atoms. The Balaban J connectivity index is 2.30. The molecule has 0 aliphatic rings. The van der Waals surface area contributed by atoms with Gasteiger partial charge < -0.3 is 9.47 Å². The molecule has 0 amide bonds. The smallest absolute Gasteiger partial charge is 0.313 e. The van der Waals surface area contributed by atoms with Crippen LogP contribution in [0, 0.1) is 0 Å². The van der Waals surface area contributed by atoms with Crippen LogP contribution in [-0.4, -0.2) is 25.0 Å². The molecule has 2 rings (SSSR count). The number of ether oxygens (including phenoxy) is 2. The number of allylic oxidation sites excluding steroid dienone is 1. The highest BCUT2D eigenvalue weighted by atomic mass is 16.5. The highest BCUT2D eigenvalue weighted by Gasteiger charge is 2.09. The highest BCUT2D eigenvalue weighted by Crippen LogP contribution is 2.29. The van der Waals surface area contributed by atoms with Crippen LogP contribution in [0.2, 0.25) is 0 Å². The van der Waals surface area contributed by atoms with Gasteiger partial charge in [-0.3, -0.25) is 9.59 Å². The maximum absolute atomic E-state index is 11.9. The molecule has 2 aromatic carbocycles. The van der Waals surface area contributed by atoms with Crippen molar-refractivity contribution >= 4 is 28.6 Å². The molecule has 0 aliphatic carbocycles. The van der Waals surface area contributed by atoms with Crippen molar-refractivity contribution in [2.75, 3.05) is 13.2 Å². The normalized spacial score (nSPS) is 10.9. The number of hydrogen-bond acceptors (Lipinski definition) is 4. The molecule has 0 aliphatic heterocycles. The fraction of sp³-hybridized carbons (Fsp3) is 0.263. The molecular weight excluding hydrogens is 292 g/mol.